The summed E-state index contributed by atoms with van der Waals surface area (Å²) in [6.07, 6.45) is 2.02. The fraction of sp³-hybridized carbons (Fsp3) is 0.478. The number of carbonyl (C=O) groups is 2. The molecule has 0 aliphatic carbocycles. The maximum atomic E-state index is 13.2. The second-order valence-electron chi connectivity index (χ2n) is 7.87. The normalized spacial score (nSPS) is 14.7. The van der Waals surface area contributed by atoms with Crippen LogP contribution < -0.4 is 0 Å². The van der Waals surface area contributed by atoms with Crippen molar-refractivity contribution in [2.24, 2.45) is 0 Å². The maximum absolute atomic E-state index is 13.2. The van der Waals surface area contributed by atoms with Crippen LogP contribution in [0.3, 0.4) is 0 Å². The smallest absolute Gasteiger partial charge is 0.325 e. The zero-order chi connectivity index (χ0) is 22.8. The van der Waals surface area contributed by atoms with Gasteiger partial charge in [0, 0.05) is 36.5 Å². The van der Waals surface area contributed by atoms with Crippen molar-refractivity contribution in [2.75, 3.05) is 19.7 Å². The summed E-state index contributed by atoms with van der Waals surface area (Å²) < 4.78 is 34.8. The lowest BCUT2D eigenvalue weighted by Gasteiger charge is -2.18. The van der Waals surface area contributed by atoms with E-state index in [4.69, 9.17) is 4.74 Å². The first-order valence-electron chi connectivity index (χ1n) is 10.6. The first-order chi connectivity index (χ1) is 14.7. The standard InChI is InChI=1S/C23H30N2O5S/c1-5-30-22(27)15-25-16(2)20(23(17(25)3)18(4)26)14-19-10-6-7-11-21(19)31(28,29)24-12-8-9-13-24/h6-7,10-11H,5,8-9,12-15H2,1-4H3. The van der Waals surface area contributed by atoms with Crippen molar-refractivity contribution in [3.63, 3.8) is 0 Å². The molecule has 168 valence electrons. The van der Waals surface area contributed by atoms with Gasteiger partial charge in [0.1, 0.15) is 6.54 Å². The van der Waals surface area contributed by atoms with Gasteiger partial charge in [-0.3, -0.25) is 9.59 Å². The number of nitrogens with zero attached hydrogens (tertiary/aromatic N) is 2. The Morgan fingerprint density at radius 1 is 1.06 bits per heavy atom. The Labute approximate surface area is 184 Å². The number of aromatic nitrogens is 1. The van der Waals surface area contributed by atoms with E-state index in [0.717, 1.165) is 24.1 Å². The SMILES string of the molecule is CCOC(=O)Cn1c(C)c(Cc2ccccc2S(=O)(=O)N2CCCC2)c(C(C)=O)c1C. The van der Waals surface area contributed by atoms with Crippen LogP contribution in [0.1, 0.15) is 59.6 Å². The molecule has 1 aliphatic heterocycles. The Bertz CT molecular complexity index is 1100. The van der Waals surface area contributed by atoms with E-state index < -0.39 is 10.0 Å². The Balaban J connectivity index is 2.06. The second kappa shape index (κ2) is 9.36. The molecule has 3 rings (SSSR count). The predicted octanol–water partition coefficient (Wildman–Crippen LogP) is 3.25. The maximum Gasteiger partial charge on any atom is 0.325 e. The van der Waals surface area contributed by atoms with Gasteiger partial charge in [0.05, 0.1) is 11.5 Å². The highest BCUT2D eigenvalue weighted by Gasteiger charge is 2.30. The van der Waals surface area contributed by atoms with Crippen LogP contribution in [0.2, 0.25) is 0 Å². The van der Waals surface area contributed by atoms with Crippen LogP contribution in [0.15, 0.2) is 29.2 Å². The molecule has 1 aliphatic rings. The summed E-state index contributed by atoms with van der Waals surface area (Å²) in [7, 11) is -3.60. The summed E-state index contributed by atoms with van der Waals surface area (Å²) in [6.45, 7) is 8.26. The summed E-state index contributed by atoms with van der Waals surface area (Å²) in [5, 5.41) is 0. The molecule has 0 saturated carbocycles. The summed E-state index contributed by atoms with van der Waals surface area (Å²) in [5.41, 5.74) is 3.39. The summed E-state index contributed by atoms with van der Waals surface area (Å²) in [4.78, 5) is 24.9. The number of ketones is 1. The van der Waals surface area contributed by atoms with E-state index in [1.54, 1.807) is 36.6 Å². The van der Waals surface area contributed by atoms with Crippen LogP contribution in [0, 0.1) is 13.8 Å². The molecule has 0 bridgehead atoms. The molecule has 0 spiro atoms. The van der Waals surface area contributed by atoms with E-state index >= 15 is 0 Å². The van der Waals surface area contributed by atoms with Crippen molar-refractivity contribution >= 4 is 21.8 Å². The van der Waals surface area contributed by atoms with Crippen LogP contribution >= 0.6 is 0 Å². The Hall–Kier alpha value is -2.45. The summed E-state index contributed by atoms with van der Waals surface area (Å²) >= 11 is 0. The number of carbonyl (C=O) groups excluding carboxylic acids is 2. The van der Waals surface area contributed by atoms with Crippen molar-refractivity contribution in [3.05, 3.63) is 52.3 Å². The van der Waals surface area contributed by atoms with Crippen molar-refractivity contribution in [1.82, 2.24) is 8.87 Å². The van der Waals surface area contributed by atoms with Crippen molar-refractivity contribution in [3.8, 4) is 0 Å². The number of esters is 1. The topological polar surface area (TPSA) is 85.7 Å². The molecular weight excluding hydrogens is 416 g/mol. The third kappa shape index (κ3) is 4.60. The lowest BCUT2D eigenvalue weighted by Crippen LogP contribution is -2.28. The van der Waals surface area contributed by atoms with Crippen molar-refractivity contribution in [1.29, 1.82) is 0 Å². The minimum Gasteiger partial charge on any atom is -0.465 e. The quantitative estimate of drug-likeness (QED) is 0.459. The number of sulfonamides is 1. The zero-order valence-corrected chi connectivity index (χ0v) is 19.4. The highest BCUT2D eigenvalue weighted by atomic mass is 32.2. The average molecular weight is 447 g/mol. The lowest BCUT2D eigenvalue weighted by atomic mass is 9.98. The van der Waals surface area contributed by atoms with Crippen LogP contribution in [0.5, 0.6) is 0 Å². The van der Waals surface area contributed by atoms with Gasteiger partial charge in [-0.1, -0.05) is 18.2 Å². The molecule has 31 heavy (non-hydrogen) atoms. The third-order valence-corrected chi connectivity index (χ3v) is 7.88. The minimum atomic E-state index is -3.60. The fourth-order valence-electron chi connectivity index (χ4n) is 4.36. The van der Waals surface area contributed by atoms with Gasteiger partial charge in [0.25, 0.3) is 0 Å². The molecule has 0 radical (unpaired) electrons. The van der Waals surface area contributed by atoms with Gasteiger partial charge in [0.15, 0.2) is 5.78 Å². The summed E-state index contributed by atoms with van der Waals surface area (Å²) in [5.74, 6) is -0.486. The van der Waals surface area contributed by atoms with Gasteiger partial charge in [-0.2, -0.15) is 4.31 Å². The lowest BCUT2D eigenvalue weighted by molar-refractivity contribution is -0.143. The molecule has 0 atom stereocenters. The van der Waals surface area contributed by atoms with E-state index in [1.807, 2.05) is 13.0 Å². The molecule has 0 amide bonds. The van der Waals surface area contributed by atoms with Gasteiger partial charge in [-0.05, 0) is 57.7 Å². The molecule has 7 nitrogen and oxygen atoms in total. The largest absolute Gasteiger partial charge is 0.465 e. The molecule has 2 aromatic rings. The minimum absolute atomic E-state index is 0.0134. The molecule has 0 unspecified atom stereocenters. The summed E-state index contributed by atoms with van der Waals surface area (Å²) in [6, 6.07) is 6.96. The highest BCUT2D eigenvalue weighted by Crippen LogP contribution is 2.30. The molecule has 1 saturated heterocycles. The number of benzene rings is 1. The first-order valence-corrected chi connectivity index (χ1v) is 12.1. The molecule has 2 heterocycles. The monoisotopic (exact) mass is 446 g/mol. The number of rotatable bonds is 8. The van der Waals surface area contributed by atoms with E-state index in [9.17, 15) is 18.0 Å². The average Bonchev–Trinajstić information content (AvgIpc) is 3.33. The zero-order valence-electron chi connectivity index (χ0n) is 18.6. The van der Waals surface area contributed by atoms with E-state index in [-0.39, 0.29) is 29.8 Å². The molecule has 1 fully saturated rings. The van der Waals surface area contributed by atoms with Crippen LogP contribution in [0.25, 0.3) is 0 Å². The molecular formula is C23H30N2O5S. The highest BCUT2D eigenvalue weighted by molar-refractivity contribution is 7.89. The third-order valence-electron chi connectivity index (χ3n) is 5.88. The number of hydrogen-bond donors (Lipinski definition) is 0. The van der Waals surface area contributed by atoms with Gasteiger partial charge in [-0.15, -0.1) is 0 Å². The van der Waals surface area contributed by atoms with Gasteiger partial charge in [-0.25, -0.2) is 8.42 Å². The van der Waals surface area contributed by atoms with Gasteiger partial charge >= 0.3 is 5.97 Å². The van der Waals surface area contributed by atoms with Crippen LogP contribution in [-0.2, 0) is 32.5 Å². The predicted molar refractivity (Wildman–Crippen MR) is 118 cm³/mol. The Morgan fingerprint density at radius 3 is 2.32 bits per heavy atom. The van der Waals surface area contributed by atoms with Gasteiger partial charge in [0.2, 0.25) is 10.0 Å². The second-order valence-corrected chi connectivity index (χ2v) is 9.77. The molecule has 8 heteroatoms. The Morgan fingerprint density at radius 2 is 1.71 bits per heavy atom. The van der Waals surface area contributed by atoms with E-state index in [1.165, 1.54) is 11.2 Å². The fourth-order valence-corrected chi connectivity index (χ4v) is 6.10. The number of Topliss-reactive ketones (excluding diaryl/α,β-unsaturated/α-hetero) is 1. The number of hydrogen-bond acceptors (Lipinski definition) is 5. The first kappa shape index (κ1) is 23.2. The van der Waals surface area contributed by atoms with Crippen molar-refractivity contribution < 1.29 is 22.7 Å². The molecule has 0 N–H and O–H groups in total. The van der Waals surface area contributed by atoms with Crippen molar-refractivity contribution in [2.45, 2.75) is 58.4 Å². The van der Waals surface area contributed by atoms with Crippen LogP contribution in [0.4, 0.5) is 0 Å². The van der Waals surface area contributed by atoms with Gasteiger partial charge < -0.3 is 9.30 Å². The number of ether oxygens (including phenoxy) is 1. The van der Waals surface area contributed by atoms with E-state index in [0.29, 0.717) is 36.3 Å². The van der Waals surface area contributed by atoms with Crippen LogP contribution in [-0.4, -0.2) is 48.7 Å². The Kier molecular flexibility index (Phi) is 7.01. The molecule has 1 aromatic carbocycles. The van der Waals surface area contributed by atoms with E-state index in [2.05, 4.69) is 0 Å². The molecule has 1 aromatic heterocycles.